The Morgan fingerprint density at radius 1 is 1.19 bits per heavy atom. The molecule has 1 N–H and O–H groups in total. The molecule has 4 aromatic rings. The highest BCUT2D eigenvalue weighted by atomic mass is 16.5. The zero-order valence-electron chi connectivity index (χ0n) is 20.8. The van der Waals surface area contributed by atoms with Crippen molar-refractivity contribution in [3.8, 4) is 5.75 Å². The number of rotatable bonds is 10. The maximum absolute atomic E-state index is 13.1. The molecule has 5 rings (SSSR count). The first-order valence-corrected chi connectivity index (χ1v) is 12.5. The lowest BCUT2D eigenvalue weighted by molar-refractivity contribution is 0.0888. The van der Waals surface area contributed by atoms with Crippen LogP contribution in [0.1, 0.15) is 49.2 Å². The van der Waals surface area contributed by atoms with Gasteiger partial charge in [0.25, 0.3) is 5.56 Å². The number of hydrogen-bond donors (Lipinski definition) is 1. The highest BCUT2D eigenvalue weighted by Gasteiger charge is 2.28. The van der Waals surface area contributed by atoms with Crippen LogP contribution in [0.5, 0.6) is 5.75 Å². The zero-order chi connectivity index (χ0) is 24.9. The van der Waals surface area contributed by atoms with E-state index in [4.69, 9.17) is 9.47 Å². The van der Waals surface area contributed by atoms with Crippen molar-refractivity contribution < 1.29 is 9.47 Å². The molecule has 0 unspecified atom stereocenters. The molecule has 36 heavy (non-hydrogen) atoms. The smallest absolute Gasteiger partial charge is 0.252 e. The second kappa shape index (κ2) is 11.0. The van der Waals surface area contributed by atoms with Crippen molar-refractivity contribution in [2.75, 3.05) is 13.7 Å². The molecule has 0 radical (unpaired) electrons. The van der Waals surface area contributed by atoms with Gasteiger partial charge in [0.1, 0.15) is 5.75 Å². The summed E-state index contributed by atoms with van der Waals surface area (Å²) >= 11 is 0. The Morgan fingerprint density at radius 3 is 2.81 bits per heavy atom. The first-order chi connectivity index (χ1) is 17.6. The lowest BCUT2D eigenvalue weighted by Gasteiger charge is -2.30. The summed E-state index contributed by atoms with van der Waals surface area (Å²) in [5.74, 6) is 1.51. The highest BCUT2D eigenvalue weighted by Crippen LogP contribution is 2.27. The fourth-order valence-electron chi connectivity index (χ4n) is 4.95. The van der Waals surface area contributed by atoms with E-state index < -0.39 is 0 Å². The molecule has 188 valence electrons. The van der Waals surface area contributed by atoms with Gasteiger partial charge in [-0.2, -0.15) is 0 Å². The average molecular weight is 489 g/mol. The van der Waals surface area contributed by atoms with Crippen LogP contribution in [0, 0.1) is 0 Å². The number of nitrogens with one attached hydrogen (secondary N) is 1. The van der Waals surface area contributed by atoms with E-state index >= 15 is 0 Å². The average Bonchev–Trinajstić information content (AvgIpc) is 3.58. The summed E-state index contributed by atoms with van der Waals surface area (Å²) in [6.07, 6.45) is 3.01. The van der Waals surface area contributed by atoms with E-state index in [2.05, 4.69) is 44.5 Å². The van der Waals surface area contributed by atoms with Crippen LogP contribution in [-0.2, 0) is 24.4 Å². The van der Waals surface area contributed by atoms with Crippen LogP contribution in [0.3, 0.4) is 0 Å². The molecule has 0 aliphatic carbocycles. The molecule has 2 aromatic heterocycles. The molecule has 2 aromatic carbocycles. The first kappa shape index (κ1) is 24.1. The van der Waals surface area contributed by atoms with Crippen LogP contribution in [0.25, 0.3) is 10.9 Å². The van der Waals surface area contributed by atoms with Gasteiger partial charge in [0.15, 0.2) is 5.82 Å². The molecule has 1 fully saturated rings. The third-order valence-electron chi connectivity index (χ3n) is 6.82. The Balaban J connectivity index is 1.48. The lowest BCUT2D eigenvalue weighted by Crippen LogP contribution is -2.33. The van der Waals surface area contributed by atoms with Crippen LogP contribution in [0.2, 0.25) is 0 Å². The van der Waals surface area contributed by atoms with Gasteiger partial charge in [-0.25, -0.2) is 4.68 Å². The standard InChI is InChI=1S/C27H32N6O3/c1-3-25(26-29-30-31-33(26)18-23-10-7-13-36-23)32(16-19-8-5-4-6-9-19)17-21-14-20-11-12-22(35-2)15-24(20)28-27(21)34/h4-6,8-9,11-12,14-15,23,25H,3,7,10,13,16-18H2,1-2H3,(H,28,34)/t23-,25+/m0/s1. The quantitative estimate of drug-likeness (QED) is 0.362. The van der Waals surface area contributed by atoms with E-state index in [1.807, 2.05) is 47.1 Å². The van der Waals surface area contributed by atoms with E-state index in [-0.39, 0.29) is 17.7 Å². The van der Waals surface area contributed by atoms with E-state index in [9.17, 15) is 4.79 Å². The Morgan fingerprint density at radius 2 is 2.06 bits per heavy atom. The normalized spacial score (nSPS) is 16.6. The third-order valence-corrected chi connectivity index (χ3v) is 6.82. The minimum atomic E-state index is -0.109. The zero-order valence-corrected chi connectivity index (χ0v) is 20.8. The topological polar surface area (TPSA) is 98.2 Å². The lowest BCUT2D eigenvalue weighted by atomic mass is 10.1. The van der Waals surface area contributed by atoms with E-state index in [1.165, 1.54) is 0 Å². The number of hydrogen-bond acceptors (Lipinski definition) is 7. The minimum absolute atomic E-state index is 0.0763. The van der Waals surface area contributed by atoms with Crippen LogP contribution in [0.4, 0.5) is 0 Å². The summed E-state index contributed by atoms with van der Waals surface area (Å²) in [5, 5.41) is 13.7. The number of aromatic nitrogens is 5. The predicted octanol–water partition coefficient (Wildman–Crippen LogP) is 3.86. The van der Waals surface area contributed by atoms with Gasteiger partial charge in [-0.15, -0.1) is 5.10 Å². The number of H-pyrrole nitrogens is 1. The van der Waals surface area contributed by atoms with Crippen molar-refractivity contribution in [3.05, 3.63) is 81.9 Å². The van der Waals surface area contributed by atoms with Gasteiger partial charge in [0.05, 0.1) is 31.3 Å². The van der Waals surface area contributed by atoms with Gasteiger partial charge in [0, 0.05) is 31.3 Å². The predicted molar refractivity (Wildman–Crippen MR) is 137 cm³/mol. The van der Waals surface area contributed by atoms with Crippen LogP contribution < -0.4 is 10.3 Å². The van der Waals surface area contributed by atoms with Gasteiger partial charge < -0.3 is 14.5 Å². The number of benzene rings is 2. The van der Waals surface area contributed by atoms with Gasteiger partial charge in [0.2, 0.25) is 0 Å². The summed E-state index contributed by atoms with van der Waals surface area (Å²) in [6.45, 7) is 4.67. The molecule has 9 heteroatoms. The van der Waals surface area contributed by atoms with Crippen molar-refractivity contribution in [2.45, 2.75) is 58.0 Å². The van der Waals surface area contributed by atoms with Gasteiger partial charge in [-0.3, -0.25) is 9.69 Å². The van der Waals surface area contributed by atoms with Gasteiger partial charge in [-0.05, 0) is 58.8 Å². The van der Waals surface area contributed by atoms with Gasteiger partial charge in [-0.1, -0.05) is 37.3 Å². The largest absolute Gasteiger partial charge is 0.497 e. The van der Waals surface area contributed by atoms with E-state index in [1.54, 1.807) is 7.11 Å². The maximum Gasteiger partial charge on any atom is 0.252 e. The van der Waals surface area contributed by atoms with Crippen molar-refractivity contribution in [3.63, 3.8) is 0 Å². The molecule has 1 aliphatic rings. The third kappa shape index (κ3) is 5.32. The van der Waals surface area contributed by atoms with Crippen molar-refractivity contribution in [1.82, 2.24) is 30.1 Å². The Labute approximate surface area is 210 Å². The summed E-state index contributed by atoms with van der Waals surface area (Å²) < 4.78 is 13.0. The van der Waals surface area contributed by atoms with E-state index in [0.29, 0.717) is 30.9 Å². The maximum atomic E-state index is 13.1. The summed E-state index contributed by atoms with van der Waals surface area (Å²) in [7, 11) is 1.62. The summed E-state index contributed by atoms with van der Waals surface area (Å²) in [5.41, 5.74) is 2.50. The van der Waals surface area contributed by atoms with Crippen LogP contribution >= 0.6 is 0 Å². The molecule has 2 atom stereocenters. The molecule has 1 aliphatic heterocycles. The second-order valence-electron chi connectivity index (χ2n) is 9.25. The summed E-state index contributed by atoms with van der Waals surface area (Å²) in [6, 6.07) is 17.9. The van der Waals surface area contributed by atoms with Crippen molar-refractivity contribution in [2.24, 2.45) is 0 Å². The molecule has 9 nitrogen and oxygen atoms in total. The number of ether oxygens (including phenoxy) is 2. The Bertz CT molecular complexity index is 1350. The molecule has 0 bridgehead atoms. The molecule has 0 amide bonds. The first-order valence-electron chi connectivity index (χ1n) is 12.5. The molecule has 0 spiro atoms. The van der Waals surface area contributed by atoms with E-state index in [0.717, 1.165) is 48.2 Å². The van der Waals surface area contributed by atoms with Gasteiger partial charge >= 0.3 is 0 Å². The fourth-order valence-corrected chi connectivity index (χ4v) is 4.95. The fraction of sp³-hybridized carbons (Fsp3) is 0.407. The van der Waals surface area contributed by atoms with Crippen molar-refractivity contribution in [1.29, 1.82) is 0 Å². The SMILES string of the molecule is CC[C@H](c1nnnn1C[C@@H]1CCCO1)N(Cc1ccccc1)Cc1cc2ccc(OC)cc2[nH]c1=O. The molecule has 1 saturated heterocycles. The molecule has 0 saturated carbocycles. The Hall–Kier alpha value is -3.56. The number of fused-ring (bicyclic) bond motifs is 1. The monoisotopic (exact) mass is 488 g/mol. The molecular weight excluding hydrogens is 456 g/mol. The second-order valence-corrected chi connectivity index (χ2v) is 9.25. The molecule has 3 heterocycles. The van der Waals surface area contributed by atoms with Crippen molar-refractivity contribution >= 4 is 10.9 Å². The highest BCUT2D eigenvalue weighted by molar-refractivity contribution is 5.80. The number of tetrazole rings is 1. The number of aromatic amines is 1. The number of pyridine rings is 1. The number of nitrogens with zero attached hydrogens (tertiary/aromatic N) is 5. The van der Waals surface area contributed by atoms with Crippen LogP contribution in [0.15, 0.2) is 59.4 Å². The molecular formula is C27H32N6O3. The summed E-state index contributed by atoms with van der Waals surface area (Å²) in [4.78, 5) is 18.4. The Kier molecular flexibility index (Phi) is 7.39. The van der Waals surface area contributed by atoms with Crippen LogP contribution in [-0.4, -0.2) is 49.9 Å². The number of methoxy groups -OCH3 is 1. The minimum Gasteiger partial charge on any atom is -0.497 e.